The van der Waals surface area contributed by atoms with Gasteiger partial charge >= 0.3 is 5.97 Å². The van der Waals surface area contributed by atoms with Crippen molar-refractivity contribution < 1.29 is 19.4 Å². The second-order valence-electron chi connectivity index (χ2n) is 4.07. The zero-order valence-corrected chi connectivity index (χ0v) is 11.3. The number of aromatic nitrogens is 1. The van der Waals surface area contributed by atoms with Gasteiger partial charge in [0.05, 0.1) is 18.8 Å². The molecule has 0 amide bonds. The van der Waals surface area contributed by atoms with Gasteiger partial charge in [0.2, 0.25) is 0 Å². The number of carbonyl (C=O) groups is 1. The Bertz CT molecular complexity index is 410. The van der Waals surface area contributed by atoms with Crippen molar-refractivity contribution in [3.63, 3.8) is 0 Å². The quantitative estimate of drug-likeness (QED) is 0.661. The van der Waals surface area contributed by atoms with Gasteiger partial charge in [0.25, 0.3) is 0 Å². The standard InChI is InChI=1S/C13H20N2O4/c1-10-8-11(13(16)17)9-12(15-10)14-4-3-5-19-7-6-18-2/h8-9H,3-7H2,1-2H3,(H,14,15)(H,16,17). The number of pyridine rings is 1. The largest absolute Gasteiger partial charge is 0.478 e. The van der Waals surface area contributed by atoms with Crippen LogP contribution < -0.4 is 5.32 Å². The second kappa shape index (κ2) is 8.44. The smallest absolute Gasteiger partial charge is 0.335 e. The molecule has 1 rings (SSSR count). The van der Waals surface area contributed by atoms with Crippen LogP contribution in [0.3, 0.4) is 0 Å². The highest BCUT2D eigenvalue weighted by Gasteiger charge is 2.06. The van der Waals surface area contributed by atoms with Gasteiger partial charge in [-0.1, -0.05) is 0 Å². The number of methoxy groups -OCH3 is 1. The van der Waals surface area contributed by atoms with Gasteiger partial charge in [0, 0.05) is 26.0 Å². The molecule has 2 N–H and O–H groups in total. The molecule has 0 bridgehead atoms. The van der Waals surface area contributed by atoms with Crippen molar-refractivity contribution in [2.24, 2.45) is 0 Å². The number of aromatic carboxylic acids is 1. The van der Waals surface area contributed by atoms with Crippen LogP contribution in [0.4, 0.5) is 5.82 Å². The van der Waals surface area contributed by atoms with Gasteiger partial charge in [0.15, 0.2) is 0 Å². The monoisotopic (exact) mass is 268 g/mol. The molecule has 1 aromatic heterocycles. The fourth-order valence-corrected chi connectivity index (χ4v) is 1.52. The molecule has 0 aliphatic heterocycles. The third-order valence-electron chi connectivity index (χ3n) is 2.40. The van der Waals surface area contributed by atoms with E-state index in [1.165, 1.54) is 6.07 Å². The average Bonchev–Trinajstić information content (AvgIpc) is 2.37. The molecule has 0 aromatic carbocycles. The number of aryl methyl sites for hydroxylation is 1. The summed E-state index contributed by atoms with van der Waals surface area (Å²) >= 11 is 0. The minimum atomic E-state index is -0.948. The van der Waals surface area contributed by atoms with E-state index in [-0.39, 0.29) is 5.56 Å². The number of nitrogens with zero attached hydrogens (tertiary/aromatic N) is 1. The Morgan fingerprint density at radius 3 is 2.84 bits per heavy atom. The number of rotatable bonds is 9. The van der Waals surface area contributed by atoms with E-state index in [0.717, 1.165) is 6.42 Å². The Kier molecular flexibility index (Phi) is 6.84. The number of carboxylic acids is 1. The Morgan fingerprint density at radius 2 is 2.16 bits per heavy atom. The number of hydrogen-bond acceptors (Lipinski definition) is 5. The summed E-state index contributed by atoms with van der Waals surface area (Å²) in [4.78, 5) is 15.1. The molecule has 0 radical (unpaired) electrons. The Hall–Kier alpha value is -1.66. The highest BCUT2D eigenvalue weighted by atomic mass is 16.5. The fourth-order valence-electron chi connectivity index (χ4n) is 1.52. The van der Waals surface area contributed by atoms with Gasteiger partial charge in [0.1, 0.15) is 5.82 Å². The van der Waals surface area contributed by atoms with Crippen LogP contribution in [0.15, 0.2) is 12.1 Å². The average molecular weight is 268 g/mol. The van der Waals surface area contributed by atoms with Crippen molar-refractivity contribution in [3.8, 4) is 0 Å². The predicted octanol–water partition coefficient (Wildman–Crippen LogP) is 1.55. The lowest BCUT2D eigenvalue weighted by molar-refractivity contribution is 0.0696. The molecule has 0 unspecified atom stereocenters. The molecule has 6 nitrogen and oxygen atoms in total. The molecule has 0 saturated heterocycles. The summed E-state index contributed by atoms with van der Waals surface area (Å²) in [5, 5.41) is 12.0. The number of hydrogen-bond donors (Lipinski definition) is 2. The van der Waals surface area contributed by atoms with Gasteiger partial charge in [-0.2, -0.15) is 0 Å². The summed E-state index contributed by atoms with van der Waals surface area (Å²) < 4.78 is 10.2. The van der Waals surface area contributed by atoms with E-state index < -0.39 is 5.97 Å². The lowest BCUT2D eigenvalue weighted by Gasteiger charge is -2.08. The van der Waals surface area contributed by atoms with Crippen LogP contribution in [0.2, 0.25) is 0 Å². The van der Waals surface area contributed by atoms with Crippen LogP contribution in [-0.4, -0.2) is 49.5 Å². The molecule has 0 saturated carbocycles. The normalized spacial score (nSPS) is 10.4. The van der Waals surface area contributed by atoms with E-state index in [4.69, 9.17) is 14.6 Å². The fraction of sp³-hybridized carbons (Fsp3) is 0.538. The Labute approximate surface area is 112 Å². The zero-order valence-electron chi connectivity index (χ0n) is 11.3. The van der Waals surface area contributed by atoms with Crippen molar-refractivity contribution >= 4 is 11.8 Å². The van der Waals surface area contributed by atoms with Crippen molar-refractivity contribution in [3.05, 3.63) is 23.4 Å². The topological polar surface area (TPSA) is 80.7 Å². The molecule has 1 aromatic rings. The van der Waals surface area contributed by atoms with Crippen molar-refractivity contribution in [1.82, 2.24) is 4.98 Å². The lowest BCUT2D eigenvalue weighted by atomic mass is 10.2. The van der Waals surface area contributed by atoms with Crippen molar-refractivity contribution in [1.29, 1.82) is 0 Å². The first-order valence-corrected chi connectivity index (χ1v) is 6.16. The second-order valence-corrected chi connectivity index (χ2v) is 4.07. The highest BCUT2D eigenvalue weighted by molar-refractivity contribution is 5.88. The maximum absolute atomic E-state index is 10.9. The molecular weight excluding hydrogens is 248 g/mol. The van der Waals surface area contributed by atoms with Crippen LogP contribution in [0, 0.1) is 6.92 Å². The van der Waals surface area contributed by atoms with Crippen LogP contribution >= 0.6 is 0 Å². The van der Waals surface area contributed by atoms with Crippen molar-refractivity contribution in [2.75, 3.05) is 38.8 Å². The highest BCUT2D eigenvalue weighted by Crippen LogP contribution is 2.10. The first kappa shape index (κ1) is 15.4. The van der Waals surface area contributed by atoms with E-state index in [2.05, 4.69) is 10.3 Å². The first-order chi connectivity index (χ1) is 9.13. The third kappa shape index (κ3) is 6.17. The lowest BCUT2D eigenvalue weighted by Crippen LogP contribution is -2.10. The third-order valence-corrected chi connectivity index (χ3v) is 2.40. The van der Waals surface area contributed by atoms with Gasteiger partial charge in [-0.25, -0.2) is 9.78 Å². The maximum Gasteiger partial charge on any atom is 0.335 e. The molecule has 0 aliphatic carbocycles. The number of carboxylic acid groups (broad SMARTS) is 1. The summed E-state index contributed by atoms with van der Waals surface area (Å²) in [7, 11) is 1.63. The summed E-state index contributed by atoms with van der Waals surface area (Å²) in [5.41, 5.74) is 0.921. The van der Waals surface area contributed by atoms with Gasteiger partial charge < -0.3 is 19.9 Å². The molecule has 6 heteroatoms. The van der Waals surface area contributed by atoms with E-state index in [9.17, 15) is 4.79 Å². The minimum absolute atomic E-state index is 0.242. The minimum Gasteiger partial charge on any atom is -0.478 e. The number of nitrogens with one attached hydrogen (secondary N) is 1. The molecule has 0 fully saturated rings. The molecule has 0 atom stereocenters. The van der Waals surface area contributed by atoms with E-state index in [1.54, 1.807) is 20.1 Å². The summed E-state index contributed by atoms with van der Waals surface area (Å²) in [6.07, 6.45) is 0.821. The van der Waals surface area contributed by atoms with Crippen molar-refractivity contribution in [2.45, 2.75) is 13.3 Å². The molecule has 106 valence electrons. The number of ether oxygens (including phenoxy) is 2. The van der Waals surface area contributed by atoms with E-state index >= 15 is 0 Å². The molecular formula is C13H20N2O4. The van der Waals surface area contributed by atoms with Crippen LogP contribution in [-0.2, 0) is 9.47 Å². The maximum atomic E-state index is 10.9. The van der Waals surface area contributed by atoms with Gasteiger partial charge in [-0.05, 0) is 25.5 Å². The van der Waals surface area contributed by atoms with E-state index in [0.29, 0.717) is 37.9 Å². The zero-order chi connectivity index (χ0) is 14.1. The molecule has 0 spiro atoms. The molecule has 1 heterocycles. The molecule has 19 heavy (non-hydrogen) atoms. The Balaban J connectivity index is 2.31. The SMILES string of the molecule is COCCOCCCNc1cc(C(=O)O)cc(C)n1. The summed E-state index contributed by atoms with van der Waals surface area (Å²) in [6.45, 7) is 4.26. The molecule has 0 aliphatic rings. The summed E-state index contributed by atoms with van der Waals surface area (Å²) in [6, 6.07) is 3.07. The van der Waals surface area contributed by atoms with Crippen LogP contribution in [0.25, 0.3) is 0 Å². The predicted molar refractivity (Wildman–Crippen MR) is 71.7 cm³/mol. The van der Waals surface area contributed by atoms with Gasteiger partial charge in [-0.15, -0.1) is 0 Å². The summed E-state index contributed by atoms with van der Waals surface area (Å²) in [5.74, 6) is -0.370. The first-order valence-electron chi connectivity index (χ1n) is 6.16. The van der Waals surface area contributed by atoms with Gasteiger partial charge in [-0.3, -0.25) is 0 Å². The number of anilines is 1. The van der Waals surface area contributed by atoms with Crippen LogP contribution in [0.1, 0.15) is 22.5 Å². The van der Waals surface area contributed by atoms with E-state index in [1.807, 2.05) is 0 Å². The Morgan fingerprint density at radius 1 is 1.37 bits per heavy atom. The van der Waals surface area contributed by atoms with Crippen LogP contribution in [0.5, 0.6) is 0 Å².